The van der Waals surface area contributed by atoms with Crippen molar-refractivity contribution in [2.75, 3.05) is 6.54 Å². The number of nitrogens with one attached hydrogen (secondary N) is 1. The molecular formula is C18H25NO6S. The van der Waals surface area contributed by atoms with E-state index in [1.165, 1.54) is 0 Å². The predicted octanol–water partition coefficient (Wildman–Crippen LogP) is 1.34. The molecule has 1 fully saturated rings. The van der Waals surface area contributed by atoms with Crippen LogP contribution in [0.25, 0.3) is 0 Å². The van der Waals surface area contributed by atoms with Crippen LogP contribution in [-0.2, 0) is 19.4 Å². The molecule has 144 valence electrons. The highest BCUT2D eigenvalue weighted by Gasteiger charge is 2.53. The first-order chi connectivity index (χ1) is 11.9. The van der Waals surface area contributed by atoms with E-state index in [4.69, 9.17) is 5.11 Å². The Morgan fingerprint density at radius 2 is 1.81 bits per heavy atom. The van der Waals surface area contributed by atoms with E-state index in [0.29, 0.717) is 18.4 Å². The van der Waals surface area contributed by atoms with Gasteiger partial charge in [0.1, 0.15) is 0 Å². The van der Waals surface area contributed by atoms with Crippen LogP contribution in [0.15, 0.2) is 23.1 Å². The molecule has 0 heterocycles. The number of hydrogen-bond donors (Lipinski definition) is 3. The van der Waals surface area contributed by atoms with Gasteiger partial charge in [-0.05, 0) is 50.8 Å². The van der Waals surface area contributed by atoms with Gasteiger partial charge in [-0.1, -0.05) is 25.0 Å². The van der Waals surface area contributed by atoms with Gasteiger partial charge in [-0.2, -0.15) is 0 Å². The molecule has 26 heavy (non-hydrogen) atoms. The lowest BCUT2D eigenvalue weighted by Gasteiger charge is -2.30. The zero-order valence-electron chi connectivity index (χ0n) is 15.2. The van der Waals surface area contributed by atoms with E-state index in [0.717, 1.165) is 12.5 Å². The summed E-state index contributed by atoms with van der Waals surface area (Å²) in [7, 11) is -3.98. The third-order valence-corrected chi connectivity index (χ3v) is 7.67. The summed E-state index contributed by atoms with van der Waals surface area (Å²) in [5, 5.41) is 21.1. The Hall–Kier alpha value is -1.93. The zero-order valence-corrected chi connectivity index (χ0v) is 16.0. The minimum absolute atomic E-state index is 0.125. The highest BCUT2D eigenvalue weighted by Crippen LogP contribution is 2.41. The fourth-order valence-corrected chi connectivity index (χ4v) is 5.66. The van der Waals surface area contributed by atoms with Crippen molar-refractivity contribution in [3.63, 3.8) is 0 Å². The van der Waals surface area contributed by atoms with Gasteiger partial charge in [-0.15, -0.1) is 0 Å². The van der Waals surface area contributed by atoms with Crippen molar-refractivity contribution in [2.45, 2.75) is 61.7 Å². The Bertz CT molecular complexity index is 822. The number of aryl methyl sites for hydroxylation is 2. The van der Waals surface area contributed by atoms with E-state index in [2.05, 4.69) is 5.32 Å². The molecule has 0 aliphatic heterocycles. The number of carboxylic acids is 1. The molecule has 1 aromatic carbocycles. The molecule has 1 aliphatic carbocycles. The quantitative estimate of drug-likeness (QED) is 0.682. The molecule has 1 atom stereocenters. The standard InChI is InChI=1S/C18H25NO6S/c1-12-6-7-13(2)14(10-12)26(24,25)18(8-4-5-9-18)15(20)19-11-17(3,23)16(21)22/h6-7,10,23H,4-5,8-9,11H2,1-3H3,(H,19,20)(H,21,22). The number of aliphatic hydroxyl groups is 1. The second-order valence-electron chi connectivity index (χ2n) is 7.24. The Balaban J connectivity index is 2.42. The summed E-state index contributed by atoms with van der Waals surface area (Å²) in [6.45, 7) is 3.95. The molecule has 2 rings (SSSR count). The van der Waals surface area contributed by atoms with Crippen LogP contribution in [0.2, 0.25) is 0 Å². The molecule has 1 saturated carbocycles. The third-order valence-electron chi connectivity index (χ3n) is 5.03. The van der Waals surface area contributed by atoms with Gasteiger partial charge in [0, 0.05) is 0 Å². The van der Waals surface area contributed by atoms with Gasteiger partial charge in [0.05, 0.1) is 11.4 Å². The van der Waals surface area contributed by atoms with E-state index in [9.17, 15) is 23.1 Å². The average molecular weight is 383 g/mol. The first kappa shape index (κ1) is 20.4. The van der Waals surface area contributed by atoms with Crippen molar-refractivity contribution in [1.82, 2.24) is 5.32 Å². The number of aliphatic carboxylic acids is 1. The maximum absolute atomic E-state index is 13.4. The highest BCUT2D eigenvalue weighted by molar-refractivity contribution is 7.93. The van der Waals surface area contributed by atoms with Crippen LogP contribution in [0.1, 0.15) is 43.7 Å². The van der Waals surface area contributed by atoms with Gasteiger partial charge in [0.25, 0.3) is 0 Å². The van der Waals surface area contributed by atoms with Crippen LogP contribution in [0.3, 0.4) is 0 Å². The van der Waals surface area contributed by atoms with Gasteiger partial charge in [0.15, 0.2) is 20.2 Å². The zero-order chi connectivity index (χ0) is 19.8. The van der Waals surface area contributed by atoms with Crippen LogP contribution in [0, 0.1) is 13.8 Å². The first-order valence-corrected chi connectivity index (χ1v) is 9.98. The van der Waals surface area contributed by atoms with Crippen LogP contribution < -0.4 is 5.32 Å². The Kier molecular flexibility index (Phi) is 5.49. The molecule has 1 unspecified atom stereocenters. The Morgan fingerprint density at radius 1 is 1.23 bits per heavy atom. The first-order valence-electron chi connectivity index (χ1n) is 8.50. The lowest BCUT2D eigenvalue weighted by Crippen LogP contribution is -2.55. The van der Waals surface area contributed by atoms with E-state index in [-0.39, 0.29) is 17.7 Å². The van der Waals surface area contributed by atoms with Crippen LogP contribution in [-0.4, -0.2) is 47.4 Å². The fraction of sp³-hybridized carbons (Fsp3) is 0.556. The Morgan fingerprint density at radius 3 is 2.35 bits per heavy atom. The summed E-state index contributed by atoms with van der Waals surface area (Å²) in [6, 6.07) is 5.07. The number of carboxylic acid groups (broad SMARTS) is 1. The van der Waals surface area contributed by atoms with Crippen LogP contribution in [0.4, 0.5) is 0 Å². The number of sulfone groups is 1. The molecule has 1 aliphatic rings. The monoisotopic (exact) mass is 383 g/mol. The van der Waals surface area contributed by atoms with Crippen molar-refractivity contribution < 1.29 is 28.2 Å². The maximum atomic E-state index is 13.4. The minimum atomic E-state index is -3.98. The summed E-state index contributed by atoms with van der Waals surface area (Å²) in [6.07, 6.45) is 1.52. The fourth-order valence-electron chi connectivity index (χ4n) is 3.26. The van der Waals surface area contributed by atoms with Crippen molar-refractivity contribution in [1.29, 1.82) is 0 Å². The van der Waals surface area contributed by atoms with Crippen molar-refractivity contribution in [2.24, 2.45) is 0 Å². The lowest BCUT2D eigenvalue weighted by molar-refractivity contribution is -0.156. The van der Waals surface area contributed by atoms with Gasteiger partial charge in [0.2, 0.25) is 5.91 Å². The van der Waals surface area contributed by atoms with E-state index in [1.54, 1.807) is 32.0 Å². The number of carbonyl (C=O) groups is 2. The van der Waals surface area contributed by atoms with Gasteiger partial charge in [-0.25, -0.2) is 13.2 Å². The third kappa shape index (κ3) is 3.48. The maximum Gasteiger partial charge on any atom is 0.337 e. The number of amides is 1. The summed E-state index contributed by atoms with van der Waals surface area (Å²) in [5.74, 6) is -2.24. The second kappa shape index (κ2) is 7.00. The van der Waals surface area contributed by atoms with E-state index >= 15 is 0 Å². The summed E-state index contributed by atoms with van der Waals surface area (Å²) < 4.78 is 25.1. The number of rotatable bonds is 6. The molecular weight excluding hydrogens is 358 g/mol. The molecule has 7 nitrogen and oxygen atoms in total. The van der Waals surface area contributed by atoms with E-state index < -0.39 is 38.6 Å². The predicted molar refractivity (Wildman–Crippen MR) is 95.6 cm³/mol. The van der Waals surface area contributed by atoms with Gasteiger partial charge in [-0.3, -0.25) is 4.79 Å². The molecule has 8 heteroatoms. The van der Waals surface area contributed by atoms with Crippen LogP contribution in [0.5, 0.6) is 0 Å². The lowest BCUT2D eigenvalue weighted by atomic mass is 10.0. The average Bonchev–Trinajstić information content (AvgIpc) is 3.06. The van der Waals surface area contributed by atoms with Crippen molar-refractivity contribution >= 4 is 21.7 Å². The van der Waals surface area contributed by atoms with Crippen LogP contribution >= 0.6 is 0 Å². The normalized spacial score (nSPS) is 18.9. The smallest absolute Gasteiger partial charge is 0.337 e. The molecule has 3 N–H and O–H groups in total. The highest BCUT2D eigenvalue weighted by atomic mass is 32.2. The molecule has 0 saturated heterocycles. The van der Waals surface area contributed by atoms with Gasteiger partial charge < -0.3 is 15.5 Å². The minimum Gasteiger partial charge on any atom is -0.479 e. The van der Waals surface area contributed by atoms with Gasteiger partial charge >= 0.3 is 5.97 Å². The van der Waals surface area contributed by atoms with Crippen molar-refractivity contribution in [3.8, 4) is 0 Å². The molecule has 0 bridgehead atoms. The Labute approximate surface area is 153 Å². The molecule has 1 amide bonds. The summed E-state index contributed by atoms with van der Waals surface area (Å²) in [5.41, 5.74) is -0.831. The summed E-state index contributed by atoms with van der Waals surface area (Å²) in [4.78, 5) is 24.0. The molecule has 0 radical (unpaired) electrons. The number of carbonyl (C=O) groups excluding carboxylic acids is 1. The number of hydrogen-bond acceptors (Lipinski definition) is 5. The topological polar surface area (TPSA) is 121 Å². The largest absolute Gasteiger partial charge is 0.479 e. The molecule has 0 spiro atoms. The molecule has 1 aromatic rings. The van der Waals surface area contributed by atoms with Crippen molar-refractivity contribution in [3.05, 3.63) is 29.3 Å². The second-order valence-corrected chi connectivity index (χ2v) is 9.46. The SMILES string of the molecule is Cc1ccc(C)c(S(=O)(=O)C2(C(=O)NCC(C)(O)C(=O)O)CCCC2)c1. The molecule has 0 aromatic heterocycles. The number of benzene rings is 1. The van der Waals surface area contributed by atoms with E-state index in [1.807, 2.05) is 0 Å². The summed E-state index contributed by atoms with van der Waals surface area (Å²) >= 11 is 0.